The SMILES string of the molecule is Br.c1ccc(Nc2nc(-c3ccc(N4CCCC4)cc3)cs2)cc1. The minimum atomic E-state index is 0. The number of aromatic nitrogens is 1. The van der Waals surface area contributed by atoms with Gasteiger partial charge in [-0.05, 0) is 37.1 Å². The molecule has 0 atom stereocenters. The van der Waals surface area contributed by atoms with Crippen LogP contribution in [-0.4, -0.2) is 18.1 Å². The van der Waals surface area contributed by atoms with Gasteiger partial charge >= 0.3 is 0 Å². The number of para-hydroxylation sites is 1. The van der Waals surface area contributed by atoms with Crippen LogP contribution in [0.1, 0.15) is 12.8 Å². The molecule has 0 unspecified atom stereocenters. The fraction of sp³-hybridized carbons (Fsp3) is 0.211. The lowest BCUT2D eigenvalue weighted by Gasteiger charge is -2.17. The molecule has 0 amide bonds. The maximum absolute atomic E-state index is 4.70. The summed E-state index contributed by atoms with van der Waals surface area (Å²) in [6.45, 7) is 2.36. The highest BCUT2D eigenvalue weighted by molar-refractivity contribution is 8.93. The monoisotopic (exact) mass is 401 g/mol. The summed E-state index contributed by atoms with van der Waals surface area (Å²) < 4.78 is 0. The molecule has 0 spiro atoms. The number of hydrogen-bond acceptors (Lipinski definition) is 4. The third-order valence-corrected chi connectivity index (χ3v) is 4.92. The number of benzene rings is 2. The Labute approximate surface area is 157 Å². The molecule has 2 heterocycles. The number of hydrogen-bond donors (Lipinski definition) is 1. The van der Waals surface area contributed by atoms with E-state index >= 15 is 0 Å². The molecule has 1 N–H and O–H groups in total. The van der Waals surface area contributed by atoms with Crippen LogP contribution in [0.2, 0.25) is 0 Å². The van der Waals surface area contributed by atoms with Gasteiger partial charge in [0.1, 0.15) is 0 Å². The van der Waals surface area contributed by atoms with Crippen molar-refractivity contribution in [2.24, 2.45) is 0 Å². The first-order valence-electron chi connectivity index (χ1n) is 8.01. The van der Waals surface area contributed by atoms with Crippen molar-refractivity contribution in [3.8, 4) is 11.3 Å². The van der Waals surface area contributed by atoms with E-state index in [-0.39, 0.29) is 17.0 Å². The third-order valence-electron chi connectivity index (χ3n) is 4.16. The van der Waals surface area contributed by atoms with Gasteiger partial charge in [0.2, 0.25) is 0 Å². The van der Waals surface area contributed by atoms with E-state index in [1.165, 1.54) is 37.2 Å². The van der Waals surface area contributed by atoms with Gasteiger partial charge in [0.15, 0.2) is 5.13 Å². The van der Waals surface area contributed by atoms with Crippen molar-refractivity contribution in [3.63, 3.8) is 0 Å². The Morgan fingerprint density at radius 3 is 2.33 bits per heavy atom. The highest BCUT2D eigenvalue weighted by Crippen LogP contribution is 2.29. The van der Waals surface area contributed by atoms with Crippen molar-refractivity contribution < 1.29 is 0 Å². The maximum Gasteiger partial charge on any atom is 0.187 e. The Bertz CT molecular complexity index is 765. The second-order valence-corrected chi connectivity index (χ2v) is 6.63. The topological polar surface area (TPSA) is 28.2 Å². The summed E-state index contributed by atoms with van der Waals surface area (Å²) in [5, 5.41) is 6.38. The summed E-state index contributed by atoms with van der Waals surface area (Å²) in [7, 11) is 0. The quantitative estimate of drug-likeness (QED) is 0.604. The molecule has 1 saturated heterocycles. The number of nitrogens with zero attached hydrogens (tertiary/aromatic N) is 2. The second kappa shape index (κ2) is 7.81. The van der Waals surface area contributed by atoms with E-state index in [0.717, 1.165) is 16.5 Å². The molecule has 1 fully saturated rings. The molecule has 1 aromatic heterocycles. The Balaban J connectivity index is 0.00000169. The summed E-state index contributed by atoms with van der Waals surface area (Å²) in [5.41, 5.74) is 4.59. The lowest BCUT2D eigenvalue weighted by molar-refractivity contribution is 0.949. The van der Waals surface area contributed by atoms with Crippen molar-refractivity contribution in [2.45, 2.75) is 12.8 Å². The fourth-order valence-corrected chi connectivity index (χ4v) is 3.67. The molecular weight excluding hydrogens is 382 g/mol. The van der Waals surface area contributed by atoms with E-state index in [0.29, 0.717) is 0 Å². The molecular formula is C19H20BrN3S. The van der Waals surface area contributed by atoms with Gasteiger partial charge < -0.3 is 10.2 Å². The average molecular weight is 402 g/mol. The number of thiazole rings is 1. The van der Waals surface area contributed by atoms with Gasteiger partial charge in [0, 0.05) is 35.4 Å². The first kappa shape index (κ1) is 17.0. The molecule has 124 valence electrons. The lowest BCUT2D eigenvalue weighted by Crippen LogP contribution is -2.17. The predicted molar refractivity (Wildman–Crippen MR) is 109 cm³/mol. The Morgan fingerprint density at radius 2 is 1.62 bits per heavy atom. The second-order valence-electron chi connectivity index (χ2n) is 5.77. The summed E-state index contributed by atoms with van der Waals surface area (Å²) in [4.78, 5) is 7.15. The smallest absolute Gasteiger partial charge is 0.187 e. The van der Waals surface area contributed by atoms with Gasteiger partial charge in [-0.3, -0.25) is 0 Å². The van der Waals surface area contributed by atoms with E-state index in [1.807, 2.05) is 30.3 Å². The van der Waals surface area contributed by atoms with E-state index in [1.54, 1.807) is 11.3 Å². The Kier molecular flexibility index (Phi) is 5.53. The number of rotatable bonds is 4. The minimum Gasteiger partial charge on any atom is -0.372 e. The highest BCUT2D eigenvalue weighted by atomic mass is 79.9. The fourth-order valence-electron chi connectivity index (χ4n) is 2.93. The zero-order valence-electron chi connectivity index (χ0n) is 13.3. The van der Waals surface area contributed by atoms with Crippen LogP contribution in [0.15, 0.2) is 60.0 Å². The third kappa shape index (κ3) is 3.79. The summed E-state index contributed by atoms with van der Waals surface area (Å²) in [5.74, 6) is 0. The standard InChI is InChI=1S/C19H19N3S.BrH/c1-2-6-16(7-3-1)20-19-21-18(14-23-19)15-8-10-17(11-9-15)22-12-4-5-13-22;/h1-3,6-11,14H,4-5,12-13H2,(H,20,21);1H. The van der Waals surface area contributed by atoms with Crippen molar-refractivity contribution in [1.82, 2.24) is 4.98 Å². The van der Waals surface area contributed by atoms with Gasteiger partial charge in [-0.25, -0.2) is 4.98 Å². The van der Waals surface area contributed by atoms with Crippen molar-refractivity contribution in [3.05, 3.63) is 60.0 Å². The summed E-state index contributed by atoms with van der Waals surface area (Å²) in [6.07, 6.45) is 2.62. The minimum absolute atomic E-state index is 0. The molecule has 1 aliphatic heterocycles. The van der Waals surface area contributed by atoms with Gasteiger partial charge in [-0.1, -0.05) is 30.3 Å². The van der Waals surface area contributed by atoms with Crippen LogP contribution in [0, 0.1) is 0 Å². The van der Waals surface area contributed by atoms with Crippen LogP contribution in [0.5, 0.6) is 0 Å². The highest BCUT2D eigenvalue weighted by Gasteiger charge is 2.12. The van der Waals surface area contributed by atoms with Crippen molar-refractivity contribution in [1.29, 1.82) is 0 Å². The molecule has 4 rings (SSSR count). The number of halogens is 1. The summed E-state index contributed by atoms with van der Waals surface area (Å²) >= 11 is 1.64. The van der Waals surface area contributed by atoms with E-state index in [4.69, 9.17) is 4.98 Å². The molecule has 0 radical (unpaired) electrons. The van der Waals surface area contributed by atoms with Crippen LogP contribution in [-0.2, 0) is 0 Å². The van der Waals surface area contributed by atoms with Gasteiger partial charge in [0.05, 0.1) is 5.69 Å². The Morgan fingerprint density at radius 1 is 0.917 bits per heavy atom. The normalized spacial score (nSPS) is 13.6. The predicted octanol–water partition coefficient (Wildman–Crippen LogP) is 5.73. The maximum atomic E-state index is 4.70. The molecule has 0 bridgehead atoms. The average Bonchev–Trinajstić information content (AvgIpc) is 3.28. The summed E-state index contributed by atoms with van der Waals surface area (Å²) in [6, 6.07) is 18.9. The molecule has 2 aromatic carbocycles. The molecule has 1 aliphatic rings. The van der Waals surface area contributed by atoms with Crippen LogP contribution >= 0.6 is 28.3 Å². The first-order valence-corrected chi connectivity index (χ1v) is 8.89. The lowest BCUT2D eigenvalue weighted by atomic mass is 10.1. The largest absolute Gasteiger partial charge is 0.372 e. The van der Waals surface area contributed by atoms with Crippen molar-refractivity contribution >= 4 is 44.8 Å². The zero-order chi connectivity index (χ0) is 15.5. The van der Waals surface area contributed by atoms with Crippen LogP contribution < -0.4 is 10.2 Å². The van der Waals surface area contributed by atoms with Gasteiger partial charge in [-0.2, -0.15) is 0 Å². The molecule has 3 nitrogen and oxygen atoms in total. The van der Waals surface area contributed by atoms with E-state index < -0.39 is 0 Å². The zero-order valence-corrected chi connectivity index (χ0v) is 15.8. The van der Waals surface area contributed by atoms with Crippen LogP contribution in [0.4, 0.5) is 16.5 Å². The molecule has 0 saturated carbocycles. The number of anilines is 3. The molecule has 0 aliphatic carbocycles. The van der Waals surface area contributed by atoms with E-state index in [2.05, 4.69) is 39.9 Å². The molecule has 3 aromatic rings. The van der Waals surface area contributed by atoms with Crippen LogP contribution in [0.3, 0.4) is 0 Å². The number of nitrogens with one attached hydrogen (secondary N) is 1. The van der Waals surface area contributed by atoms with Crippen molar-refractivity contribution in [2.75, 3.05) is 23.3 Å². The van der Waals surface area contributed by atoms with Gasteiger partial charge in [0.25, 0.3) is 0 Å². The first-order chi connectivity index (χ1) is 11.4. The molecule has 5 heteroatoms. The van der Waals surface area contributed by atoms with Crippen LogP contribution in [0.25, 0.3) is 11.3 Å². The van der Waals surface area contributed by atoms with Gasteiger partial charge in [-0.15, -0.1) is 28.3 Å². The van der Waals surface area contributed by atoms with E-state index in [9.17, 15) is 0 Å². The Hall–Kier alpha value is -1.85. The molecule has 24 heavy (non-hydrogen) atoms.